The summed E-state index contributed by atoms with van der Waals surface area (Å²) in [7, 11) is 1.78. The maximum Gasteiger partial charge on any atom is 0.472 e. The summed E-state index contributed by atoms with van der Waals surface area (Å²) in [6, 6.07) is 0. The van der Waals surface area contributed by atoms with Crippen molar-refractivity contribution in [3.8, 4) is 0 Å². The molecule has 0 fully saturated rings. The van der Waals surface area contributed by atoms with Crippen LogP contribution in [0.3, 0.4) is 0 Å². The summed E-state index contributed by atoms with van der Waals surface area (Å²) in [6.07, 6.45) is 24.5. The smallest absolute Gasteiger partial charge is 0.394 e. The van der Waals surface area contributed by atoms with E-state index in [1.54, 1.807) is 0 Å². The monoisotopic (exact) mass is 552 g/mol. The van der Waals surface area contributed by atoms with Gasteiger partial charge >= 0.3 is 7.82 Å². The van der Waals surface area contributed by atoms with Gasteiger partial charge in [-0.2, -0.15) is 0 Å². The molecule has 0 radical (unpaired) electrons. The van der Waals surface area contributed by atoms with Crippen molar-refractivity contribution in [2.45, 2.75) is 148 Å². The zero-order chi connectivity index (χ0) is 27.8. The maximum absolute atomic E-state index is 12.2. The second-order valence-corrected chi connectivity index (χ2v) is 13.4. The molecule has 0 saturated carbocycles. The topological polar surface area (TPSA) is 96.2 Å². The Kier molecular flexibility index (Phi) is 23.8. The lowest BCUT2D eigenvalue weighted by molar-refractivity contribution is -0.873. The van der Waals surface area contributed by atoms with Gasteiger partial charge in [-0.05, 0) is 6.42 Å². The molecule has 0 aromatic rings. The van der Waals surface area contributed by atoms with Crippen molar-refractivity contribution >= 4 is 7.82 Å². The number of phosphoric ester groups is 1. The number of likely N-dealkylation sites (N-methyl/N-ethyl adjacent to an activating group) is 1. The molecule has 0 heterocycles. The van der Waals surface area contributed by atoms with E-state index in [-0.39, 0.29) is 0 Å². The van der Waals surface area contributed by atoms with Gasteiger partial charge in [-0.3, -0.25) is 9.05 Å². The lowest BCUT2D eigenvalue weighted by atomic mass is 10.0. The second kappa shape index (κ2) is 23.8. The largest absolute Gasteiger partial charge is 0.472 e. The van der Waals surface area contributed by atoms with Gasteiger partial charge in [0.25, 0.3) is 0 Å². The van der Waals surface area contributed by atoms with Gasteiger partial charge in [0.15, 0.2) is 0 Å². The van der Waals surface area contributed by atoms with Crippen LogP contribution in [0.25, 0.3) is 0 Å². The fourth-order valence-electron chi connectivity index (χ4n) is 4.69. The highest BCUT2D eigenvalue weighted by molar-refractivity contribution is 7.47. The van der Waals surface area contributed by atoms with Crippen molar-refractivity contribution in [3.05, 3.63) is 0 Å². The molecule has 0 aliphatic carbocycles. The van der Waals surface area contributed by atoms with Gasteiger partial charge in [-0.1, -0.05) is 129 Å². The van der Waals surface area contributed by atoms with Crippen LogP contribution < -0.4 is 0 Å². The molecule has 37 heavy (non-hydrogen) atoms. The molecule has 7 nitrogen and oxygen atoms in total. The molecule has 0 aromatic carbocycles. The number of rotatable bonds is 28. The molecule has 0 rings (SSSR count). The lowest BCUT2D eigenvalue weighted by Gasteiger charge is -2.30. The van der Waals surface area contributed by atoms with E-state index in [1.165, 1.54) is 109 Å². The first-order chi connectivity index (χ1) is 17.6. The van der Waals surface area contributed by atoms with Gasteiger partial charge in [0.1, 0.15) is 18.8 Å². The minimum Gasteiger partial charge on any atom is -0.394 e. The fourth-order valence-corrected chi connectivity index (χ4v) is 5.66. The summed E-state index contributed by atoms with van der Waals surface area (Å²) in [6.45, 7) is 1.91. The van der Waals surface area contributed by atoms with E-state index in [4.69, 9.17) is 14.2 Å². The van der Waals surface area contributed by atoms with E-state index in [1.807, 2.05) is 21.1 Å². The van der Waals surface area contributed by atoms with Gasteiger partial charge < -0.3 is 19.6 Å². The lowest BCUT2D eigenvalue weighted by Crippen LogP contribution is -2.42. The first-order valence-electron chi connectivity index (χ1n) is 15.3. The third-order valence-electron chi connectivity index (χ3n) is 6.80. The minimum absolute atomic E-state index is 0.395. The average Bonchev–Trinajstić information content (AvgIpc) is 2.82. The third kappa shape index (κ3) is 27.4. The number of nitrogens with zero attached hydrogens (tertiary/aromatic N) is 1. The van der Waals surface area contributed by atoms with Gasteiger partial charge in [-0.25, -0.2) is 4.57 Å². The number of hydrogen-bond acceptors (Lipinski definition) is 5. The van der Waals surface area contributed by atoms with Crippen LogP contribution in [0, 0.1) is 0 Å². The molecule has 0 spiro atoms. The van der Waals surface area contributed by atoms with Gasteiger partial charge in [0, 0.05) is 0 Å². The fraction of sp³-hybridized carbons (Fsp3) is 1.00. The molecule has 0 amide bonds. The Labute approximate surface area is 229 Å². The van der Waals surface area contributed by atoms with Crippen LogP contribution in [0.15, 0.2) is 0 Å². The number of aliphatic hydroxyl groups is 2. The summed E-state index contributed by atoms with van der Waals surface area (Å²) < 4.78 is 23.1. The molecule has 3 atom stereocenters. The van der Waals surface area contributed by atoms with Gasteiger partial charge in [0.2, 0.25) is 0 Å². The van der Waals surface area contributed by atoms with E-state index in [9.17, 15) is 14.6 Å². The molecule has 0 aliphatic heterocycles. The SMILES string of the molecule is CCCCCCCCCCCCCCCCCCCCCC(C[N+](C)(C)C)OP(=O)(O)OCC(O)CO. The summed E-state index contributed by atoms with van der Waals surface area (Å²) in [5.41, 5.74) is 0. The van der Waals surface area contributed by atoms with Crippen molar-refractivity contribution < 1.29 is 33.2 Å². The molecule has 3 unspecified atom stereocenters. The van der Waals surface area contributed by atoms with Crippen molar-refractivity contribution in [1.82, 2.24) is 0 Å². The molecule has 224 valence electrons. The van der Waals surface area contributed by atoms with E-state index in [2.05, 4.69) is 6.92 Å². The quantitative estimate of drug-likeness (QED) is 0.0533. The Hall–Kier alpha value is -0.0100. The number of unbranched alkanes of at least 4 members (excludes halogenated alkanes) is 18. The van der Waals surface area contributed by atoms with Crippen LogP contribution in [0.4, 0.5) is 0 Å². The van der Waals surface area contributed by atoms with Crippen LogP contribution in [0.1, 0.15) is 135 Å². The van der Waals surface area contributed by atoms with Crippen molar-refractivity contribution in [2.24, 2.45) is 0 Å². The van der Waals surface area contributed by atoms with Crippen LogP contribution >= 0.6 is 7.82 Å². The number of quaternary nitrogens is 1. The molecule has 0 aliphatic rings. The molecular weight excluding hydrogens is 489 g/mol. The summed E-state index contributed by atoms with van der Waals surface area (Å²) in [5, 5.41) is 18.2. The van der Waals surface area contributed by atoms with E-state index in [0.29, 0.717) is 17.4 Å². The standard InChI is InChI=1S/C29H62NO6P/c1-5-6-7-8-9-10-11-12-13-14-15-16-17-18-19-20-21-22-23-24-29(25-30(2,3)4)36-37(33,34)35-27-28(32)26-31/h28-29,31-32H,5-27H2,1-4H3/p+1. The minimum atomic E-state index is -4.28. The normalized spacial score (nSPS) is 15.5. The second-order valence-electron chi connectivity index (χ2n) is 12.0. The Morgan fingerprint density at radius 3 is 1.43 bits per heavy atom. The zero-order valence-corrected chi connectivity index (χ0v) is 25.8. The first-order valence-corrected chi connectivity index (χ1v) is 16.8. The third-order valence-corrected chi connectivity index (χ3v) is 7.84. The molecule has 8 heteroatoms. The summed E-state index contributed by atoms with van der Waals surface area (Å²) >= 11 is 0. The molecular formula is C29H63NO6P+. The maximum atomic E-state index is 12.2. The number of aliphatic hydroxyl groups excluding tert-OH is 2. The highest BCUT2D eigenvalue weighted by Gasteiger charge is 2.30. The van der Waals surface area contributed by atoms with Gasteiger partial charge in [-0.15, -0.1) is 0 Å². The van der Waals surface area contributed by atoms with Crippen molar-refractivity contribution in [3.63, 3.8) is 0 Å². The van der Waals surface area contributed by atoms with Crippen molar-refractivity contribution in [2.75, 3.05) is 40.9 Å². The highest BCUT2D eigenvalue weighted by Crippen LogP contribution is 2.45. The molecule has 3 N–H and O–H groups in total. The Morgan fingerprint density at radius 2 is 1.08 bits per heavy atom. The number of hydrogen-bond donors (Lipinski definition) is 3. The summed E-state index contributed by atoms with van der Waals surface area (Å²) in [4.78, 5) is 10.00. The number of phosphoric acid groups is 1. The molecule has 0 saturated heterocycles. The van der Waals surface area contributed by atoms with Crippen molar-refractivity contribution in [1.29, 1.82) is 0 Å². The van der Waals surface area contributed by atoms with Crippen LogP contribution in [0.2, 0.25) is 0 Å². The van der Waals surface area contributed by atoms with E-state index >= 15 is 0 Å². The van der Waals surface area contributed by atoms with Crippen LogP contribution in [-0.4, -0.2) is 72.7 Å². The van der Waals surface area contributed by atoms with Crippen LogP contribution in [-0.2, 0) is 13.6 Å². The Bertz CT molecular complexity index is 543. The van der Waals surface area contributed by atoms with E-state index < -0.39 is 33.2 Å². The van der Waals surface area contributed by atoms with Crippen LogP contribution in [0.5, 0.6) is 0 Å². The molecule has 0 bridgehead atoms. The van der Waals surface area contributed by atoms with E-state index in [0.717, 1.165) is 12.8 Å². The Balaban J connectivity index is 3.74. The predicted octanol–water partition coefficient (Wildman–Crippen LogP) is 7.37. The Morgan fingerprint density at radius 1 is 0.703 bits per heavy atom. The highest BCUT2D eigenvalue weighted by atomic mass is 31.2. The predicted molar refractivity (Wildman–Crippen MR) is 155 cm³/mol. The molecule has 0 aromatic heterocycles. The first kappa shape index (κ1) is 37.0. The average molecular weight is 553 g/mol. The summed E-state index contributed by atoms with van der Waals surface area (Å²) in [5.74, 6) is 0. The zero-order valence-electron chi connectivity index (χ0n) is 24.9. The van der Waals surface area contributed by atoms with Gasteiger partial charge in [0.05, 0.1) is 34.4 Å².